The lowest BCUT2D eigenvalue weighted by atomic mass is 10.0. The first-order valence-corrected chi connectivity index (χ1v) is 7.77. The minimum absolute atomic E-state index is 0.147. The van der Waals surface area contributed by atoms with Gasteiger partial charge in [-0.3, -0.25) is 14.9 Å². The molecule has 122 valence electrons. The van der Waals surface area contributed by atoms with Crippen LogP contribution in [0.4, 0.5) is 5.69 Å². The largest absolute Gasteiger partial charge is 0.490 e. The second-order valence-corrected chi connectivity index (χ2v) is 6.09. The highest BCUT2D eigenvalue weighted by molar-refractivity contribution is 9.10. The fraction of sp³-hybridized carbons (Fsp3) is 0.118. The Hall–Kier alpha value is -2.67. The molecule has 0 saturated carbocycles. The lowest BCUT2D eigenvalue weighted by molar-refractivity contribution is -0.385. The number of halogens is 1. The first-order chi connectivity index (χ1) is 11.4. The Morgan fingerprint density at radius 1 is 1.21 bits per heavy atom. The first kappa shape index (κ1) is 16.2. The van der Waals surface area contributed by atoms with Gasteiger partial charge in [0, 0.05) is 21.7 Å². The molecule has 0 fully saturated rings. The Morgan fingerprint density at radius 2 is 1.96 bits per heavy atom. The zero-order chi connectivity index (χ0) is 17.4. The van der Waals surface area contributed by atoms with Crippen molar-refractivity contribution < 1.29 is 14.1 Å². The van der Waals surface area contributed by atoms with Crippen molar-refractivity contribution in [1.82, 2.24) is 0 Å². The standard InChI is InChI=1S/C17H12BrNO5/c1-9-16(20)12-8-11(18)4-6-14(12)24-17(9)10-3-5-15(23-2)13(7-10)19(21)22/h3-8H,1-2H3. The van der Waals surface area contributed by atoms with Gasteiger partial charge in [0.05, 0.1) is 17.4 Å². The molecule has 7 heteroatoms. The number of rotatable bonds is 3. The van der Waals surface area contributed by atoms with Gasteiger partial charge in [0.2, 0.25) is 0 Å². The van der Waals surface area contributed by atoms with E-state index >= 15 is 0 Å². The van der Waals surface area contributed by atoms with E-state index in [1.54, 1.807) is 31.2 Å². The SMILES string of the molecule is COc1ccc(-c2oc3ccc(Br)cc3c(=O)c2C)cc1[N+](=O)[O-]. The summed E-state index contributed by atoms with van der Waals surface area (Å²) in [6, 6.07) is 9.59. The van der Waals surface area contributed by atoms with Crippen molar-refractivity contribution in [3.63, 3.8) is 0 Å². The van der Waals surface area contributed by atoms with Gasteiger partial charge in [-0.1, -0.05) is 15.9 Å². The molecule has 0 saturated heterocycles. The Balaban J connectivity index is 2.29. The third kappa shape index (κ3) is 2.67. The van der Waals surface area contributed by atoms with Crippen molar-refractivity contribution in [3.8, 4) is 17.1 Å². The predicted molar refractivity (Wildman–Crippen MR) is 93.6 cm³/mol. The molecular weight excluding hydrogens is 378 g/mol. The van der Waals surface area contributed by atoms with Crippen LogP contribution in [0.15, 0.2) is 50.1 Å². The number of ether oxygens (including phenoxy) is 1. The normalized spacial score (nSPS) is 10.8. The van der Waals surface area contributed by atoms with Crippen molar-refractivity contribution in [2.24, 2.45) is 0 Å². The van der Waals surface area contributed by atoms with E-state index in [0.717, 1.165) is 4.47 Å². The van der Waals surface area contributed by atoms with Crippen LogP contribution in [0.3, 0.4) is 0 Å². The van der Waals surface area contributed by atoms with E-state index in [9.17, 15) is 14.9 Å². The Kier molecular flexibility index (Phi) is 4.11. The summed E-state index contributed by atoms with van der Waals surface area (Å²) in [4.78, 5) is 23.2. The Morgan fingerprint density at radius 3 is 2.62 bits per heavy atom. The molecule has 2 aromatic carbocycles. The van der Waals surface area contributed by atoms with Gasteiger partial charge >= 0.3 is 5.69 Å². The molecule has 1 aromatic heterocycles. The van der Waals surface area contributed by atoms with Gasteiger partial charge in [-0.25, -0.2) is 0 Å². The van der Waals surface area contributed by atoms with Gasteiger partial charge in [-0.2, -0.15) is 0 Å². The molecule has 0 N–H and O–H groups in total. The van der Waals surface area contributed by atoms with Crippen LogP contribution < -0.4 is 10.2 Å². The van der Waals surface area contributed by atoms with E-state index < -0.39 is 4.92 Å². The van der Waals surface area contributed by atoms with Crippen LogP contribution in [-0.2, 0) is 0 Å². The zero-order valence-corrected chi connectivity index (χ0v) is 14.4. The smallest absolute Gasteiger partial charge is 0.311 e. The lowest BCUT2D eigenvalue weighted by Crippen LogP contribution is -2.07. The number of benzene rings is 2. The average molecular weight is 390 g/mol. The molecule has 3 rings (SSSR count). The second-order valence-electron chi connectivity index (χ2n) is 5.17. The van der Waals surface area contributed by atoms with E-state index in [1.807, 2.05) is 0 Å². The molecule has 0 atom stereocenters. The maximum absolute atomic E-state index is 12.6. The molecular formula is C17H12BrNO5. The van der Waals surface area contributed by atoms with Crippen LogP contribution in [0.1, 0.15) is 5.56 Å². The van der Waals surface area contributed by atoms with Gasteiger partial charge in [0.25, 0.3) is 0 Å². The topological polar surface area (TPSA) is 82.6 Å². The minimum Gasteiger partial charge on any atom is -0.490 e. The Bertz CT molecular complexity index is 1030. The minimum atomic E-state index is -0.534. The molecule has 0 spiro atoms. The fourth-order valence-corrected chi connectivity index (χ4v) is 2.87. The predicted octanol–water partition coefficient (Wildman–Crippen LogP) is 4.45. The number of nitro groups is 1. The molecule has 0 amide bonds. The van der Waals surface area contributed by atoms with Crippen LogP contribution in [0.5, 0.6) is 5.75 Å². The van der Waals surface area contributed by atoms with E-state index in [-0.39, 0.29) is 16.9 Å². The molecule has 6 nitrogen and oxygen atoms in total. The summed E-state index contributed by atoms with van der Waals surface area (Å²) in [6.45, 7) is 1.64. The van der Waals surface area contributed by atoms with Gasteiger partial charge < -0.3 is 9.15 Å². The molecule has 1 heterocycles. The van der Waals surface area contributed by atoms with Crippen molar-refractivity contribution in [2.75, 3.05) is 7.11 Å². The summed E-state index contributed by atoms with van der Waals surface area (Å²) in [5.41, 5.74) is 0.892. The molecule has 0 bridgehead atoms. The third-order valence-electron chi connectivity index (χ3n) is 3.72. The maximum atomic E-state index is 12.6. The quantitative estimate of drug-likeness (QED) is 0.488. The molecule has 0 unspecified atom stereocenters. The second kappa shape index (κ2) is 6.09. The molecule has 0 aliphatic rings. The van der Waals surface area contributed by atoms with Crippen molar-refractivity contribution in [3.05, 3.63) is 66.8 Å². The summed E-state index contributed by atoms with van der Waals surface area (Å²) in [7, 11) is 1.36. The van der Waals surface area contributed by atoms with Crippen molar-refractivity contribution in [1.29, 1.82) is 0 Å². The average Bonchev–Trinajstić information content (AvgIpc) is 2.58. The highest BCUT2D eigenvalue weighted by atomic mass is 79.9. The lowest BCUT2D eigenvalue weighted by Gasteiger charge is -2.08. The number of hydrogen-bond donors (Lipinski definition) is 0. The van der Waals surface area contributed by atoms with Gasteiger partial charge in [0.15, 0.2) is 11.2 Å². The molecule has 0 aliphatic carbocycles. The van der Waals surface area contributed by atoms with E-state index in [4.69, 9.17) is 9.15 Å². The fourth-order valence-electron chi connectivity index (χ4n) is 2.51. The number of nitrogens with zero attached hydrogens (tertiary/aromatic N) is 1. The van der Waals surface area contributed by atoms with Gasteiger partial charge in [0.1, 0.15) is 11.3 Å². The van der Waals surface area contributed by atoms with Gasteiger partial charge in [-0.15, -0.1) is 0 Å². The summed E-state index contributed by atoms with van der Waals surface area (Å²) in [6.07, 6.45) is 0. The summed E-state index contributed by atoms with van der Waals surface area (Å²) >= 11 is 3.33. The Labute approximate surface area is 145 Å². The van der Waals surface area contributed by atoms with Crippen LogP contribution in [0, 0.1) is 17.0 Å². The van der Waals surface area contributed by atoms with Crippen LogP contribution in [0.2, 0.25) is 0 Å². The number of nitro benzene ring substituents is 1. The van der Waals surface area contributed by atoms with Crippen LogP contribution in [0.25, 0.3) is 22.3 Å². The maximum Gasteiger partial charge on any atom is 0.311 e. The van der Waals surface area contributed by atoms with Crippen molar-refractivity contribution in [2.45, 2.75) is 6.92 Å². The van der Waals surface area contributed by atoms with Crippen LogP contribution >= 0.6 is 15.9 Å². The summed E-state index contributed by atoms with van der Waals surface area (Å²) in [5.74, 6) is 0.453. The van der Waals surface area contributed by atoms with Gasteiger partial charge in [-0.05, 0) is 37.3 Å². The third-order valence-corrected chi connectivity index (χ3v) is 4.21. The number of fused-ring (bicyclic) bond motifs is 1. The zero-order valence-electron chi connectivity index (χ0n) is 12.8. The number of methoxy groups -OCH3 is 1. The monoisotopic (exact) mass is 389 g/mol. The molecule has 0 aliphatic heterocycles. The van der Waals surface area contributed by atoms with E-state index in [1.165, 1.54) is 19.2 Å². The van der Waals surface area contributed by atoms with E-state index in [2.05, 4.69) is 15.9 Å². The molecule has 3 aromatic rings. The summed E-state index contributed by atoms with van der Waals surface area (Å²) in [5, 5.41) is 11.6. The summed E-state index contributed by atoms with van der Waals surface area (Å²) < 4.78 is 11.6. The van der Waals surface area contributed by atoms with E-state index in [0.29, 0.717) is 27.9 Å². The molecule has 0 radical (unpaired) electrons. The number of hydrogen-bond acceptors (Lipinski definition) is 5. The van der Waals surface area contributed by atoms with Crippen LogP contribution in [-0.4, -0.2) is 12.0 Å². The molecule has 24 heavy (non-hydrogen) atoms. The highest BCUT2D eigenvalue weighted by Crippen LogP contribution is 2.34. The first-order valence-electron chi connectivity index (χ1n) is 6.98. The van der Waals surface area contributed by atoms with Crippen molar-refractivity contribution >= 4 is 32.6 Å². The highest BCUT2D eigenvalue weighted by Gasteiger charge is 2.19.